The molecular weight excluding hydrogens is 252 g/mol. The van der Waals surface area contributed by atoms with Crippen molar-refractivity contribution < 1.29 is 9.53 Å². The van der Waals surface area contributed by atoms with E-state index in [9.17, 15) is 4.79 Å². The molecular formula is C16H22N2O2. The van der Waals surface area contributed by atoms with Gasteiger partial charge in [-0.15, -0.1) is 0 Å². The van der Waals surface area contributed by atoms with E-state index in [2.05, 4.69) is 42.2 Å². The van der Waals surface area contributed by atoms with Gasteiger partial charge in [-0.25, -0.2) is 4.79 Å². The number of hydrogen-bond donors (Lipinski definition) is 0. The zero-order valence-corrected chi connectivity index (χ0v) is 12.2. The zero-order chi connectivity index (χ0) is 14.1. The van der Waals surface area contributed by atoms with E-state index in [1.807, 2.05) is 4.90 Å². The van der Waals surface area contributed by atoms with Gasteiger partial charge >= 0.3 is 6.09 Å². The molecule has 20 heavy (non-hydrogen) atoms. The molecule has 0 bridgehead atoms. The minimum Gasteiger partial charge on any atom is -0.453 e. The summed E-state index contributed by atoms with van der Waals surface area (Å²) >= 11 is 0. The van der Waals surface area contributed by atoms with Crippen LogP contribution < -0.4 is 0 Å². The molecule has 0 unspecified atom stereocenters. The Morgan fingerprint density at radius 3 is 2.30 bits per heavy atom. The fraction of sp³-hybridized carbons (Fsp3) is 0.562. The minimum absolute atomic E-state index is 0.179. The Labute approximate surface area is 120 Å². The van der Waals surface area contributed by atoms with Gasteiger partial charge in [0.2, 0.25) is 0 Å². The Hall–Kier alpha value is -1.55. The number of amides is 1. The molecule has 1 aromatic rings. The van der Waals surface area contributed by atoms with Crippen LogP contribution in [0.15, 0.2) is 30.3 Å². The number of carbonyl (C=O) groups excluding carboxylic acids is 1. The summed E-state index contributed by atoms with van der Waals surface area (Å²) in [4.78, 5) is 16.0. The molecule has 0 aliphatic carbocycles. The maximum absolute atomic E-state index is 11.6. The van der Waals surface area contributed by atoms with Crippen LogP contribution in [-0.2, 0) is 4.74 Å². The Morgan fingerprint density at radius 1 is 1.15 bits per heavy atom. The van der Waals surface area contributed by atoms with Crippen LogP contribution in [0.3, 0.4) is 0 Å². The van der Waals surface area contributed by atoms with E-state index in [-0.39, 0.29) is 6.09 Å². The van der Waals surface area contributed by atoms with Crippen molar-refractivity contribution in [3.63, 3.8) is 0 Å². The number of fused-ring (bicyclic) bond motifs is 1. The van der Waals surface area contributed by atoms with Crippen LogP contribution in [0.5, 0.6) is 0 Å². The van der Waals surface area contributed by atoms with Crippen molar-refractivity contribution in [1.82, 2.24) is 9.80 Å². The first-order valence-corrected chi connectivity index (χ1v) is 7.31. The summed E-state index contributed by atoms with van der Waals surface area (Å²) in [5.74, 6) is 1.19. The SMILES string of the molecule is COC(=O)N1C[C@@H]2CN([C@H](C)c3ccccc3)C[C@@H]2C1. The molecule has 4 nitrogen and oxygen atoms in total. The normalized spacial score (nSPS) is 27.4. The minimum atomic E-state index is -0.179. The number of hydrogen-bond acceptors (Lipinski definition) is 3. The van der Waals surface area contributed by atoms with E-state index in [1.165, 1.54) is 12.7 Å². The van der Waals surface area contributed by atoms with Gasteiger partial charge in [-0.3, -0.25) is 4.90 Å². The lowest BCUT2D eigenvalue weighted by molar-refractivity contribution is 0.125. The van der Waals surface area contributed by atoms with Crippen LogP contribution in [0, 0.1) is 11.8 Å². The van der Waals surface area contributed by atoms with Gasteiger partial charge < -0.3 is 9.64 Å². The van der Waals surface area contributed by atoms with Crippen LogP contribution >= 0.6 is 0 Å². The van der Waals surface area contributed by atoms with Gasteiger partial charge in [-0.05, 0) is 24.3 Å². The first kappa shape index (κ1) is 13.4. The lowest BCUT2D eigenvalue weighted by Crippen LogP contribution is -2.34. The molecule has 2 saturated heterocycles. The molecule has 2 aliphatic heterocycles. The zero-order valence-electron chi connectivity index (χ0n) is 12.2. The summed E-state index contributed by atoms with van der Waals surface area (Å²) in [6, 6.07) is 11.1. The number of likely N-dealkylation sites (tertiary alicyclic amines) is 2. The molecule has 0 saturated carbocycles. The largest absolute Gasteiger partial charge is 0.453 e. The van der Waals surface area contributed by atoms with E-state index in [1.54, 1.807) is 0 Å². The van der Waals surface area contributed by atoms with Crippen molar-refractivity contribution in [2.75, 3.05) is 33.3 Å². The van der Waals surface area contributed by atoms with Gasteiger partial charge in [0.1, 0.15) is 0 Å². The van der Waals surface area contributed by atoms with E-state index in [4.69, 9.17) is 4.74 Å². The van der Waals surface area contributed by atoms with Crippen LogP contribution in [0.2, 0.25) is 0 Å². The predicted octanol–water partition coefficient (Wildman–Crippen LogP) is 2.38. The molecule has 3 rings (SSSR count). The third kappa shape index (κ3) is 2.40. The van der Waals surface area contributed by atoms with Crippen molar-refractivity contribution in [3.05, 3.63) is 35.9 Å². The van der Waals surface area contributed by atoms with E-state index in [0.29, 0.717) is 17.9 Å². The summed E-state index contributed by atoms with van der Waals surface area (Å²) in [6.07, 6.45) is -0.179. The molecule has 0 radical (unpaired) electrons. The van der Waals surface area contributed by atoms with Crippen LogP contribution in [0.4, 0.5) is 4.79 Å². The molecule has 2 aliphatic rings. The average Bonchev–Trinajstić information content (AvgIpc) is 3.05. The highest BCUT2D eigenvalue weighted by molar-refractivity contribution is 5.67. The fourth-order valence-corrected chi connectivity index (χ4v) is 3.57. The van der Waals surface area contributed by atoms with Crippen molar-refractivity contribution in [2.24, 2.45) is 11.8 Å². The lowest BCUT2D eigenvalue weighted by Gasteiger charge is -2.26. The third-order valence-electron chi connectivity index (χ3n) is 4.78. The standard InChI is InChI=1S/C16H22N2O2/c1-12(13-6-4-3-5-7-13)17-8-14-10-18(16(19)20-2)11-15(14)9-17/h3-7,12,14-15H,8-11H2,1-2H3/t12-,14-,15+/m1/s1. The first-order valence-electron chi connectivity index (χ1n) is 7.31. The highest BCUT2D eigenvalue weighted by Gasteiger charge is 2.43. The molecule has 4 heteroatoms. The van der Waals surface area contributed by atoms with Crippen LogP contribution in [0.25, 0.3) is 0 Å². The van der Waals surface area contributed by atoms with Crippen molar-refractivity contribution in [1.29, 1.82) is 0 Å². The predicted molar refractivity (Wildman–Crippen MR) is 77.4 cm³/mol. The number of ether oxygens (including phenoxy) is 1. The van der Waals surface area contributed by atoms with Crippen molar-refractivity contribution in [2.45, 2.75) is 13.0 Å². The third-order valence-corrected chi connectivity index (χ3v) is 4.78. The second-order valence-electron chi connectivity index (χ2n) is 5.94. The highest BCUT2D eigenvalue weighted by atomic mass is 16.5. The average molecular weight is 274 g/mol. The lowest BCUT2D eigenvalue weighted by atomic mass is 10.0. The monoisotopic (exact) mass is 274 g/mol. The van der Waals surface area contributed by atoms with Crippen molar-refractivity contribution in [3.8, 4) is 0 Å². The first-order chi connectivity index (χ1) is 9.69. The van der Waals surface area contributed by atoms with Gasteiger partial charge in [0.25, 0.3) is 0 Å². The molecule has 2 heterocycles. The maximum Gasteiger partial charge on any atom is 0.409 e. The fourth-order valence-electron chi connectivity index (χ4n) is 3.57. The van der Waals surface area contributed by atoms with Gasteiger partial charge in [0, 0.05) is 32.2 Å². The Kier molecular flexibility index (Phi) is 3.66. The molecule has 0 spiro atoms. The quantitative estimate of drug-likeness (QED) is 0.830. The molecule has 0 aromatic heterocycles. The van der Waals surface area contributed by atoms with E-state index in [0.717, 1.165) is 26.2 Å². The second kappa shape index (κ2) is 5.44. The van der Waals surface area contributed by atoms with Gasteiger partial charge in [0.15, 0.2) is 0 Å². The molecule has 3 atom stereocenters. The van der Waals surface area contributed by atoms with Crippen LogP contribution in [0.1, 0.15) is 18.5 Å². The number of carbonyl (C=O) groups is 1. The van der Waals surface area contributed by atoms with Gasteiger partial charge in [-0.2, -0.15) is 0 Å². The number of nitrogens with zero attached hydrogens (tertiary/aromatic N) is 2. The molecule has 0 N–H and O–H groups in total. The number of methoxy groups -OCH3 is 1. The Balaban J connectivity index is 1.62. The van der Waals surface area contributed by atoms with Crippen LogP contribution in [-0.4, -0.2) is 49.2 Å². The Morgan fingerprint density at radius 2 is 1.75 bits per heavy atom. The number of rotatable bonds is 2. The van der Waals surface area contributed by atoms with E-state index >= 15 is 0 Å². The van der Waals surface area contributed by atoms with Crippen molar-refractivity contribution >= 4 is 6.09 Å². The molecule has 1 aromatic carbocycles. The molecule has 2 fully saturated rings. The van der Waals surface area contributed by atoms with Gasteiger partial charge in [0.05, 0.1) is 7.11 Å². The summed E-state index contributed by atoms with van der Waals surface area (Å²) in [5.41, 5.74) is 1.37. The topological polar surface area (TPSA) is 32.8 Å². The smallest absolute Gasteiger partial charge is 0.409 e. The summed E-state index contributed by atoms with van der Waals surface area (Å²) in [6.45, 7) is 6.11. The van der Waals surface area contributed by atoms with E-state index < -0.39 is 0 Å². The molecule has 108 valence electrons. The summed E-state index contributed by atoms with van der Waals surface area (Å²) in [7, 11) is 1.46. The summed E-state index contributed by atoms with van der Waals surface area (Å²) in [5, 5.41) is 0. The number of benzene rings is 1. The summed E-state index contributed by atoms with van der Waals surface area (Å²) < 4.78 is 4.82. The maximum atomic E-state index is 11.6. The Bertz CT molecular complexity index is 463. The second-order valence-corrected chi connectivity index (χ2v) is 5.94. The highest BCUT2D eigenvalue weighted by Crippen LogP contribution is 2.35. The van der Waals surface area contributed by atoms with Gasteiger partial charge in [-0.1, -0.05) is 30.3 Å². The molecule has 1 amide bonds.